The Morgan fingerprint density at radius 3 is 2.63 bits per heavy atom. The largest absolute Gasteiger partial charge is 0.496 e. The Labute approximate surface area is 112 Å². The highest BCUT2D eigenvalue weighted by atomic mass is 16.5. The fourth-order valence-corrected chi connectivity index (χ4v) is 2.37. The van der Waals surface area contributed by atoms with Crippen LogP contribution in [-0.2, 0) is 11.3 Å². The van der Waals surface area contributed by atoms with Crippen molar-refractivity contribution in [1.82, 2.24) is 4.90 Å². The molecule has 1 aliphatic heterocycles. The maximum absolute atomic E-state index is 11.7. The number of hydrogen-bond donors (Lipinski definition) is 1. The van der Waals surface area contributed by atoms with Crippen molar-refractivity contribution in [3.05, 3.63) is 35.9 Å². The normalized spacial score (nSPS) is 17.6. The van der Waals surface area contributed by atoms with Crippen molar-refractivity contribution < 1.29 is 19.4 Å². The number of amides is 1. The first-order valence-corrected chi connectivity index (χ1v) is 5.95. The molecule has 1 atom stereocenters. The fourth-order valence-electron chi connectivity index (χ4n) is 2.37. The predicted octanol–water partition coefficient (Wildman–Crippen LogP) is 1.27. The number of fused-ring (bicyclic) bond motifs is 1. The minimum Gasteiger partial charge on any atom is -0.496 e. The number of aliphatic hydroxyl groups is 1. The molecule has 5 heteroatoms. The molecule has 0 unspecified atom stereocenters. The van der Waals surface area contributed by atoms with E-state index in [1.54, 1.807) is 26.4 Å². The molecule has 1 heterocycles. The smallest absolute Gasteiger partial charge is 0.246 e. The van der Waals surface area contributed by atoms with E-state index in [1.807, 2.05) is 0 Å². The lowest BCUT2D eigenvalue weighted by molar-refractivity contribution is -0.128. The van der Waals surface area contributed by atoms with Crippen LogP contribution in [-0.4, -0.2) is 36.7 Å². The van der Waals surface area contributed by atoms with Gasteiger partial charge in [-0.05, 0) is 18.2 Å². The van der Waals surface area contributed by atoms with Gasteiger partial charge in [0.2, 0.25) is 5.91 Å². The molecule has 1 aromatic rings. The first-order chi connectivity index (χ1) is 9.12. The van der Waals surface area contributed by atoms with Crippen molar-refractivity contribution >= 4 is 5.91 Å². The number of carbonyl (C=O) groups excluding carboxylic acids is 1. The summed E-state index contributed by atoms with van der Waals surface area (Å²) < 4.78 is 10.6. The van der Waals surface area contributed by atoms with Crippen LogP contribution in [0.15, 0.2) is 24.8 Å². The number of β-amino-alcohol motifs (C(OH)–C–C–N with tert-alkyl or cyclic N) is 1. The van der Waals surface area contributed by atoms with Gasteiger partial charge >= 0.3 is 0 Å². The molecule has 1 amide bonds. The third-order valence-electron chi connectivity index (χ3n) is 3.28. The zero-order chi connectivity index (χ0) is 14.0. The number of benzene rings is 1. The van der Waals surface area contributed by atoms with Gasteiger partial charge < -0.3 is 19.5 Å². The van der Waals surface area contributed by atoms with Gasteiger partial charge in [0.1, 0.15) is 17.6 Å². The van der Waals surface area contributed by atoms with Gasteiger partial charge in [-0.25, -0.2) is 0 Å². The molecule has 1 N–H and O–H groups in total. The van der Waals surface area contributed by atoms with Crippen LogP contribution in [0, 0.1) is 0 Å². The highest BCUT2D eigenvalue weighted by Crippen LogP contribution is 2.39. The Morgan fingerprint density at radius 2 is 2.05 bits per heavy atom. The Balaban J connectivity index is 2.50. The summed E-state index contributed by atoms with van der Waals surface area (Å²) in [6.45, 7) is 4.06. The monoisotopic (exact) mass is 263 g/mol. The second kappa shape index (κ2) is 5.32. The van der Waals surface area contributed by atoms with Gasteiger partial charge in [0.15, 0.2) is 0 Å². The molecule has 0 aliphatic carbocycles. The summed E-state index contributed by atoms with van der Waals surface area (Å²) in [5.74, 6) is 1.03. The summed E-state index contributed by atoms with van der Waals surface area (Å²) in [4.78, 5) is 13.2. The van der Waals surface area contributed by atoms with Crippen LogP contribution in [0.3, 0.4) is 0 Å². The molecule has 0 radical (unpaired) electrons. The summed E-state index contributed by atoms with van der Waals surface area (Å²) in [6, 6.07) is 3.53. The number of aliphatic hydroxyl groups excluding tert-OH is 1. The van der Waals surface area contributed by atoms with E-state index >= 15 is 0 Å². The number of nitrogens with zero attached hydrogens (tertiary/aromatic N) is 1. The summed E-state index contributed by atoms with van der Waals surface area (Å²) in [5.41, 5.74) is 1.46. The van der Waals surface area contributed by atoms with Crippen LogP contribution in [0.25, 0.3) is 0 Å². The van der Waals surface area contributed by atoms with Crippen molar-refractivity contribution in [2.45, 2.75) is 12.6 Å². The molecule has 102 valence electrons. The summed E-state index contributed by atoms with van der Waals surface area (Å²) >= 11 is 0. The maximum Gasteiger partial charge on any atom is 0.246 e. The van der Waals surface area contributed by atoms with Gasteiger partial charge in [0.05, 0.1) is 27.3 Å². The minimum atomic E-state index is -0.794. The Morgan fingerprint density at radius 1 is 1.42 bits per heavy atom. The van der Waals surface area contributed by atoms with E-state index in [9.17, 15) is 9.90 Å². The van der Waals surface area contributed by atoms with Gasteiger partial charge in [-0.2, -0.15) is 0 Å². The molecule has 2 rings (SSSR count). The second-order valence-corrected chi connectivity index (χ2v) is 4.30. The zero-order valence-corrected chi connectivity index (χ0v) is 11.0. The summed E-state index contributed by atoms with van der Waals surface area (Å²) in [6.07, 6.45) is 0.447. The molecular weight excluding hydrogens is 246 g/mol. The molecule has 0 aromatic heterocycles. The SMILES string of the molecule is C=CC(=O)N1Cc2c(OC)ccc(OC)c2[C@@H](O)C1. The highest BCUT2D eigenvalue weighted by Gasteiger charge is 2.30. The summed E-state index contributed by atoms with van der Waals surface area (Å²) in [7, 11) is 3.11. The van der Waals surface area contributed by atoms with Crippen molar-refractivity contribution in [2.75, 3.05) is 20.8 Å². The lowest BCUT2D eigenvalue weighted by Gasteiger charge is -2.33. The third-order valence-corrected chi connectivity index (χ3v) is 3.28. The Kier molecular flexibility index (Phi) is 3.76. The van der Waals surface area contributed by atoms with Gasteiger partial charge in [0, 0.05) is 11.1 Å². The first kappa shape index (κ1) is 13.4. The van der Waals surface area contributed by atoms with Crippen LogP contribution in [0.2, 0.25) is 0 Å². The second-order valence-electron chi connectivity index (χ2n) is 4.30. The fraction of sp³-hybridized carbons (Fsp3) is 0.357. The minimum absolute atomic E-state index is 0.213. The number of hydrogen-bond acceptors (Lipinski definition) is 4. The number of ether oxygens (including phenoxy) is 2. The average Bonchev–Trinajstić information content (AvgIpc) is 2.44. The molecule has 1 aliphatic rings. The first-order valence-electron chi connectivity index (χ1n) is 5.95. The van der Waals surface area contributed by atoms with Crippen LogP contribution in [0.5, 0.6) is 11.5 Å². The van der Waals surface area contributed by atoms with E-state index in [2.05, 4.69) is 6.58 Å². The van der Waals surface area contributed by atoms with E-state index in [0.717, 1.165) is 5.56 Å². The van der Waals surface area contributed by atoms with Gasteiger partial charge in [0.25, 0.3) is 0 Å². The lowest BCUT2D eigenvalue weighted by Crippen LogP contribution is -2.37. The molecule has 0 bridgehead atoms. The molecule has 19 heavy (non-hydrogen) atoms. The number of rotatable bonds is 3. The quantitative estimate of drug-likeness (QED) is 0.834. The van der Waals surface area contributed by atoms with Crippen LogP contribution in [0.1, 0.15) is 17.2 Å². The van der Waals surface area contributed by atoms with E-state index in [1.165, 1.54) is 11.0 Å². The topological polar surface area (TPSA) is 59.0 Å². The van der Waals surface area contributed by atoms with E-state index < -0.39 is 6.10 Å². The van der Waals surface area contributed by atoms with Crippen molar-refractivity contribution in [3.8, 4) is 11.5 Å². The summed E-state index contributed by atoms with van der Waals surface area (Å²) in [5, 5.41) is 10.2. The van der Waals surface area contributed by atoms with Crippen molar-refractivity contribution in [3.63, 3.8) is 0 Å². The van der Waals surface area contributed by atoms with Crippen LogP contribution < -0.4 is 9.47 Å². The van der Waals surface area contributed by atoms with E-state index in [4.69, 9.17) is 9.47 Å². The third kappa shape index (κ3) is 2.29. The average molecular weight is 263 g/mol. The zero-order valence-electron chi connectivity index (χ0n) is 11.0. The van der Waals surface area contributed by atoms with Gasteiger partial charge in [-0.15, -0.1) is 0 Å². The van der Waals surface area contributed by atoms with Crippen LogP contribution in [0.4, 0.5) is 0 Å². The molecular formula is C14H17NO4. The van der Waals surface area contributed by atoms with Gasteiger partial charge in [-0.3, -0.25) is 4.79 Å². The molecule has 0 spiro atoms. The lowest BCUT2D eigenvalue weighted by atomic mass is 9.95. The Bertz CT molecular complexity index is 512. The highest BCUT2D eigenvalue weighted by molar-refractivity contribution is 5.87. The Hall–Kier alpha value is -2.01. The van der Waals surface area contributed by atoms with Crippen LogP contribution >= 0.6 is 0 Å². The standard InChI is InChI=1S/C14H17NO4/c1-4-13(17)15-7-9-11(18-2)5-6-12(19-3)14(9)10(16)8-15/h4-6,10,16H,1,7-8H2,2-3H3/t10-/m0/s1. The van der Waals surface area contributed by atoms with Crippen molar-refractivity contribution in [2.24, 2.45) is 0 Å². The maximum atomic E-state index is 11.7. The molecule has 5 nitrogen and oxygen atoms in total. The predicted molar refractivity (Wildman–Crippen MR) is 70.1 cm³/mol. The number of carbonyl (C=O) groups is 1. The molecule has 0 saturated heterocycles. The van der Waals surface area contributed by atoms with E-state index in [0.29, 0.717) is 23.6 Å². The van der Waals surface area contributed by atoms with Gasteiger partial charge in [-0.1, -0.05) is 6.58 Å². The van der Waals surface area contributed by atoms with E-state index in [-0.39, 0.29) is 12.5 Å². The van der Waals surface area contributed by atoms with Crippen molar-refractivity contribution in [1.29, 1.82) is 0 Å². The molecule has 0 saturated carbocycles. The number of methoxy groups -OCH3 is 2. The molecule has 1 aromatic carbocycles. The molecule has 0 fully saturated rings.